The molecule has 0 aromatic rings. The second-order valence-corrected chi connectivity index (χ2v) is 4.08. The lowest BCUT2D eigenvalue weighted by Crippen LogP contribution is -2.20. The SMILES string of the molecule is C/C=C(\C=C/CC)CCN(C)CCCC. The summed E-state index contributed by atoms with van der Waals surface area (Å²) in [5.74, 6) is 0. The first kappa shape index (κ1) is 14.4. The fraction of sp³-hybridized carbons (Fsp3) is 0.714. The van der Waals surface area contributed by atoms with Gasteiger partial charge in [0.1, 0.15) is 0 Å². The maximum atomic E-state index is 2.42. The molecule has 88 valence electrons. The molecule has 0 bridgehead atoms. The first-order valence-electron chi connectivity index (χ1n) is 6.24. The van der Waals surface area contributed by atoms with Gasteiger partial charge in [-0.25, -0.2) is 0 Å². The summed E-state index contributed by atoms with van der Waals surface area (Å²) in [6.07, 6.45) is 11.6. The minimum Gasteiger partial charge on any atom is -0.306 e. The average Bonchev–Trinajstić information content (AvgIpc) is 2.26. The number of hydrogen-bond donors (Lipinski definition) is 0. The topological polar surface area (TPSA) is 3.24 Å². The Hall–Kier alpha value is -0.560. The molecule has 0 saturated carbocycles. The van der Waals surface area contributed by atoms with Crippen molar-refractivity contribution in [3.8, 4) is 0 Å². The van der Waals surface area contributed by atoms with E-state index in [1.54, 1.807) is 0 Å². The molecule has 0 aromatic carbocycles. The van der Waals surface area contributed by atoms with Gasteiger partial charge in [0.2, 0.25) is 0 Å². The van der Waals surface area contributed by atoms with E-state index in [2.05, 4.69) is 50.9 Å². The highest BCUT2D eigenvalue weighted by molar-refractivity contribution is 5.17. The second kappa shape index (κ2) is 9.97. The van der Waals surface area contributed by atoms with Gasteiger partial charge in [-0.15, -0.1) is 0 Å². The zero-order valence-electron chi connectivity index (χ0n) is 10.9. The molecule has 0 saturated heterocycles. The van der Waals surface area contributed by atoms with E-state index in [1.165, 1.54) is 37.9 Å². The van der Waals surface area contributed by atoms with Crippen LogP contribution in [-0.2, 0) is 0 Å². The average molecular weight is 209 g/mol. The first-order chi connectivity index (χ1) is 7.24. The van der Waals surface area contributed by atoms with Crippen LogP contribution in [-0.4, -0.2) is 25.0 Å². The molecule has 0 fully saturated rings. The molecule has 0 amide bonds. The Morgan fingerprint density at radius 2 is 1.93 bits per heavy atom. The van der Waals surface area contributed by atoms with Gasteiger partial charge in [0.05, 0.1) is 0 Å². The smallest absolute Gasteiger partial charge is 0.00186 e. The Bertz CT molecular complexity index is 192. The molecule has 1 nitrogen and oxygen atoms in total. The third-order valence-electron chi connectivity index (χ3n) is 2.61. The normalized spacial score (nSPS) is 13.0. The van der Waals surface area contributed by atoms with Crippen LogP contribution in [0.15, 0.2) is 23.8 Å². The highest BCUT2D eigenvalue weighted by atomic mass is 15.1. The van der Waals surface area contributed by atoms with Crippen LogP contribution < -0.4 is 0 Å². The third kappa shape index (κ3) is 8.44. The summed E-state index contributed by atoms with van der Waals surface area (Å²) in [4.78, 5) is 2.42. The summed E-state index contributed by atoms with van der Waals surface area (Å²) in [7, 11) is 2.21. The Kier molecular flexibility index (Phi) is 9.60. The van der Waals surface area contributed by atoms with Crippen LogP contribution in [0.5, 0.6) is 0 Å². The molecule has 1 heteroatoms. The van der Waals surface area contributed by atoms with Crippen molar-refractivity contribution in [3.05, 3.63) is 23.8 Å². The quantitative estimate of drug-likeness (QED) is 0.546. The van der Waals surface area contributed by atoms with E-state index in [0.717, 1.165) is 6.42 Å². The number of rotatable bonds is 8. The number of unbranched alkanes of at least 4 members (excludes halogenated alkanes) is 1. The predicted octanol–water partition coefficient (Wildman–Crippen LogP) is 4.02. The first-order valence-corrected chi connectivity index (χ1v) is 6.24. The summed E-state index contributed by atoms with van der Waals surface area (Å²) >= 11 is 0. The van der Waals surface area contributed by atoms with Gasteiger partial charge in [-0.05, 0) is 39.8 Å². The highest BCUT2D eigenvalue weighted by Gasteiger charge is 1.98. The van der Waals surface area contributed by atoms with Gasteiger partial charge in [0.25, 0.3) is 0 Å². The van der Waals surface area contributed by atoms with Gasteiger partial charge in [0.15, 0.2) is 0 Å². The molecular weight excluding hydrogens is 182 g/mol. The summed E-state index contributed by atoms with van der Waals surface area (Å²) in [5, 5.41) is 0. The lowest BCUT2D eigenvalue weighted by molar-refractivity contribution is 0.332. The Morgan fingerprint density at radius 1 is 1.20 bits per heavy atom. The van der Waals surface area contributed by atoms with Crippen molar-refractivity contribution in [1.82, 2.24) is 4.90 Å². The van der Waals surface area contributed by atoms with Crippen molar-refractivity contribution in [1.29, 1.82) is 0 Å². The zero-order valence-corrected chi connectivity index (χ0v) is 10.9. The zero-order chi connectivity index (χ0) is 11.5. The van der Waals surface area contributed by atoms with Crippen LogP contribution >= 0.6 is 0 Å². The van der Waals surface area contributed by atoms with Crippen LogP contribution in [0.4, 0.5) is 0 Å². The van der Waals surface area contributed by atoms with Gasteiger partial charge < -0.3 is 4.90 Å². The molecule has 0 unspecified atom stereocenters. The van der Waals surface area contributed by atoms with E-state index in [1.807, 2.05) is 0 Å². The van der Waals surface area contributed by atoms with Gasteiger partial charge in [-0.3, -0.25) is 0 Å². The van der Waals surface area contributed by atoms with Crippen LogP contribution in [0.3, 0.4) is 0 Å². The van der Waals surface area contributed by atoms with Gasteiger partial charge in [-0.1, -0.05) is 44.1 Å². The van der Waals surface area contributed by atoms with Crippen LogP contribution in [0.25, 0.3) is 0 Å². The number of allylic oxidation sites excluding steroid dienone is 3. The van der Waals surface area contributed by atoms with Gasteiger partial charge >= 0.3 is 0 Å². The maximum Gasteiger partial charge on any atom is 0.00186 e. The standard InChI is InChI=1S/C14H27N/c1-5-8-10-14(7-3)11-13-15(4)12-9-6-2/h7-8,10H,5-6,9,11-13H2,1-4H3/b10-8-,14-7+. The molecular formula is C14H27N. The van der Waals surface area contributed by atoms with E-state index in [-0.39, 0.29) is 0 Å². The minimum atomic E-state index is 1.13. The summed E-state index contributed by atoms with van der Waals surface area (Å²) in [5.41, 5.74) is 1.46. The molecule has 0 rings (SSSR count). The van der Waals surface area contributed by atoms with Crippen LogP contribution in [0, 0.1) is 0 Å². The van der Waals surface area contributed by atoms with Crippen molar-refractivity contribution >= 4 is 0 Å². The maximum absolute atomic E-state index is 2.42. The van der Waals surface area contributed by atoms with E-state index < -0.39 is 0 Å². The van der Waals surface area contributed by atoms with E-state index >= 15 is 0 Å². The molecule has 0 aliphatic rings. The van der Waals surface area contributed by atoms with E-state index in [0.29, 0.717) is 0 Å². The lowest BCUT2D eigenvalue weighted by Gasteiger charge is -2.16. The molecule has 0 N–H and O–H groups in total. The molecule has 0 heterocycles. The summed E-state index contributed by atoms with van der Waals surface area (Å²) in [6, 6.07) is 0. The molecule has 0 aromatic heterocycles. The molecule has 0 atom stereocenters. The largest absolute Gasteiger partial charge is 0.306 e. The van der Waals surface area contributed by atoms with Crippen molar-refractivity contribution in [2.75, 3.05) is 20.1 Å². The molecule has 0 aliphatic heterocycles. The minimum absolute atomic E-state index is 1.13. The monoisotopic (exact) mass is 209 g/mol. The van der Waals surface area contributed by atoms with E-state index in [9.17, 15) is 0 Å². The van der Waals surface area contributed by atoms with Crippen molar-refractivity contribution in [2.45, 2.75) is 46.5 Å². The fourth-order valence-corrected chi connectivity index (χ4v) is 1.45. The van der Waals surface area contributed by atoms with Gasteiger partial charge in [0, 0.05) is 6.54 Å². The predicted molar refractivity (Wildman–Crippen MR) is 70.2 cm³/mol. The molecule has 0 spiro atoms. The number of hydrogen-bond acceptors (Lipinski definition) is 1. The van der Waals surface area contributed by atoms with E-state index in [4.69, 9.17) is 0 Å². The fourth-order valence-electron chi connectivity index (χ4n) is 1.45. The third-order valence-corrected chi connectivity index (χ3v) is 2.61. The molecule has 15 heavy (non-hydrogen) atoms. The van der Waals surface area contributed by atoms with Gasteiger partial charge in [-0.2, -0.15) is 0 Å². The lowest BCUT2D eigenvalue weighted by atomic mass is 10.1. The van der Waals surface area contributed by atoms with Crippen molar-refractivity contribution in [2.24, 2.45) is 0 Å². The van der Waals surface area contributed by atoms with Crippen LogP contribution in [0.1, 0.15) is 46.5 Å². The highest BCUT2D eigenvalue weighted by Crippen LogP contribution is 2.05. The van der Waals surface area contributed by atoms with Crippen molar-refractivity contribution in [3.63, 3.8) is 0 Å². The van der Waals surface area contributed by atoms with Crippen molar-refractivity contribution < 1.29 is 0 Å². The molecule has 0 radical (unpaired) electrons. The summed E-state index contributed by atoms with van der Waals surface area (Å²) in [6.45, 7) is 8.95. The number of nitrogens with zero attached hydrogens (tertiary/aromatic N) is 1. The second-order valence-electron chi connectivity index (χ2n) is 4.08. The molecule has 0 aliphatic carbocycles. The Labute approximate surface area is 95.9 Å². The Morgan fingerprint density at radius 3 is 2.47 bits per heavy atom. The summed E-state index contributed by atoms with van der Waals surface area (Å²) < 4.78 is 0. The Balaban J connectivity index is 3.75. The van der Waals surface area contributed by atoms with Crippen LogP contribution in [0.2, 0.25) is 0 Å².